The van der Waals surface area contributed by atoms with Gasteiger partial charge in [-0.15, -0.1) is 0 Å². The molecule has 0 saturated heterocycles. The van der Waals surface area contributed by atoms with Crippen molar-refractivity contribution in [3.63, 3.8) is 0 Å². The molecular formula is C37H38ClN5O3. The third-order valence-corrected chi connectivity index (χ3v) is 10.3. The van der Waals surface area contributed by atoms with Gasteiger partial charge in [0.25, 0.3) is 5.91 Å². The maximum atomic E-state index is 14.0. The SMILES string of the molecule is CC(=Cc1ccc2nc(C3(NC(=O)c4ccc5c(c4)c(C)c(-c4ccc(Cl)cn4)n5C4CCCCC4)CCC3)n(C)c2c1)C(=O)O. The van der Waals surface area contributed by atoms with E-state index in [0.29, 0.717) is 16.6 Å². The molecule has 2 aromatic carbocycles. The van der Waals surface area contributed by atoms with Gasteiger partial charge < -0.3 is 19.6 Å². The van der Waals surface area contributed by atoms with Crippen molar-refractivity contribution in [2.45, 2.75) is 76.8 Å². The second kappa shape index (κ2) is 11.7. The van der Waals surface area contributed by atoms with Crippen molar-refractivity contribution in [1.29, 1.82) is 0 Å². The van der Waals surface area contributed by atoms with Crippen molar-refractivity contribution in [3.05, 3.63) is 87.8 Å². The Labute approximate surface area is 273 Å². The van der Waals surface area contributed by atoms with Crippen molar-refractivity contribution in [3.8, 4) is 11.4 Å². The lowest BCUT2D eigenvalue weighted by molar-refractivity contribution is -0.132. The Bertz CT molecular complexity index is 2030. The molecule has 2 N–H and O–H groups in total. The number of aliphatic carboxylic acids is 1. The fraction of sp³-hybridized carbons (Fsp3) is 0.351. The third-order valence-electron chi connectivity index (χ3n) is 10.0. The lowest BCUT2D eigenvalue weighted by atomic mass is 9.75. The molecule has 0 bridgehead atoms. The first-order valence-electron chi connectivity index (χ1n) is 16.1. The molecule has 2 aliphatic rings. The van der Waals surface area contributed by atoms with Gasteiger partial charge in [0.15, 0.2) is 0 Å². The molecule has 9 heteroatoms. The van der Waals surface area contributed by atoms with Gasteiger partial charge in [0.1, 0.15) is 5.82 Å². The number of hydrogen-bond donors (Lipinski definition) is 2. The van der Waals surface area contributed by atoms with Crippen molar-refractivity contribution in [2.75, 3.05) is 0 Å². The highest BCUT2D eigenvalue weighted by Crippen LogP contribution is 2.43. The number of aryl methyl sites for hydroxylation is 2. The molecule has 3 aromatic heterocycles. The molecule has 0 spiro atoms. The number of imidazole rings is 1. The average Bonchev–Trinajstić information content (AvgIpc) is 3.52. The van der Waals surface area contributed by atoms with Gasteiger partial charge in [-0.05, 0) is 106 Å². The molecule has 2 saturated carbocycles. The molecule has 7 rings (SSSR count). The first kappa shape index (κ1) is 30.2. The summed E-state index contributed by atoms with van der Waals surface area (Å²) < 4.78 is 4.49. The number of amides is 1. The molecule has 8 nitrogen and oxygen atoms in total. The summed E-state index contributed by atoms with van der Waals surface area (Å²) in [7, 11) is 1.96. The highest BCUT2D eigenvalue weighted by molar-refractivity contribution is 6.30. The number of carbonyl (C=O) groups is 2. The van der Waals surface area contributed by atoms with Crippen LogP contribution >= 0.6 is 11.6 Å². The van der Waals surface area contributed by atoms with E-state index in [2.05, 4.69) is 22.9 Å². The van der Waals surface area contributed by atoms with Crippen LogP contribution in [0.2, 0.25) is 5.02 Å². The first-order valence-corrected chi connectivity index (χ1v) is 16.5. The average molecular weight is 636 g/mol. The van der Waals surface area contributed by atoms with E-state index >= 15 is 0 Å². The number of halogens is 1. The summed E-state index contributed by atoms with van der Waals surface area (Å²) in [5, 5.41) is 14.4. The molecule has 0 atom stereocenters. The smallest absolute Gasteiger partial charge is 0.331 e. The minimum absolute atomic E-state index is 0.120. The lowest BCUT2D eigenvalue weighted by Gasteiger charge is -2.41. The van der Waals surface area contributed by atoms with E-state index in [1.54, 1.807) is 19.2 Å². The van der Waals surface area contributed by atoms with Crippen LogP contribution in [0.4, 0.5) is 0 Å². The maximum absolute atomic E-state index is 14.0. The number of nitrogens with zero attached hydrogens (tertiary/aromatic N) is 4. The number of pyridine rings is 1. The summed E-state index contributed by atoms with van der Waals surface area (Å²) in [6.07, 6.45) is 11.9. The van der Waals surface area contributed by atoms with Gasteiger partial charge >= 0.3 is 5.97 Å². The van der Waals surface area contributed by atoms with Gasteiger partial charge in [-0.3, -0.25) is 9.78 Å². The molecule has 46 heavy (non-hydrogen) atoms. The molecule has 236 valence electrons. The zero-order valence-corrected chi connectivity index (χ0v) is 27.2. The van der Waals surface area contributed by atoms with Gasteiger partial charge in [0, 0.05) is 41.3 Å². The van der Waals surface area contributed by atoms with Crippen molar-refractivity contribution in [1.82, 2.24) is 24.4 Å². The number of fused-ring (bicyclic) bond motifs is 2. The van der Waals surface area contributed by atoms with E-state index < -0.39 is 11.5 Å². The Morgan fingerprint density at radius 2 is 1.80 bits per heavy atom. The standard InChI is InChI=1S/C37H38ClN5O3/c1-22(35(45)46)18-24-10-13-29-32(19-24)42(3)36(40-29)37(16-7-17-37)41-34(44)25-11-15-31-28(20-25)23(2)33(30-14-12-26(38)21-39-30)43(31)27-8-5-4-6-9-27/h10-15,18-21,27H,4-9,16-17H2,1-3H3,(H,41,44)(H,45,46). The van der Waals surface area contributed by atoms with Gasteiger partial charge in [-0.2, -0.15) is 0 Å². The summed E-state index contributed by atoms with van der Waals surface area (Å²) in [5.74, 6) is -0.251. The first-order chi connectivity index (χ1) is 22.1. The number of carboxylic acid groups (broad SMARTS) is 1. The molecule has 2 aliphatic carbocycles. The second-order valence-electron chi connectivity index (χ2n) is 13.0. The predicted molar refractivity (Wildman–Crippen MR) is 182 cm³/mol. The Kier molecular flexibility index (Phi) is 7.71. The van der Waals surface area contributed by atoms with E-state index in [-0.39, 0.29) is 11.5 Å². The van der Waals surface area contributed by atoms with Crippen LogP contribution in [0.25, 0.3) is 39.4 Å². The Balaban J connectivity index is 1.24. The summed E-state index contributed by atoms with van der Waals surface area (Å²) in [6, 6.07) is 16.1. The number of nitrogens with one attached hydrogen (secondary N) is 1. The topological polar surface area (TPSA) is 102 Å². The van der Waals surface area contributed by atoms with Gasteiger partial charge in [0.05, 0.1) is 33.0 Å². The van der Waals surface area contributed by atoms with Crippen molar-refractivity contribution >= 4 is 51.5 Å². The highest BCUT2D eigenvalue weighted by atomic mass is 35.5. The Morgan fingerprint density at radius 3 is 2.48 bits per heavy atom. The van der Waals surface area contributed by atoms with Crippen LogP contribution in [0.15, 0.2) is 60.3 Å². The number of carboxylic acids is 1. The normalized spacial score (nSPS) is 16.9. The van der Waals surface area contributed by atoms with Crippen LogP contribution in [0.3, 0.4) is 0 Å². The minimum atomic E-state index is -0.946. The summed E-state index contributed by atoms with van der Waals surface area (Å²) in [4.78, 5) is 35.0. The summed E-state index contributed by atoms with van der Waals surface area (Å²) in [5.41, 5.74) is 7.04. The Morgan fingerprint density at radius 1 is 1.02 bits per heavy atom. The zero-order valence-electron chi connectivity index (χ0n) is 26.4. The largest absolute Gasteiger partial charge is 0.478 e. The molecule has 2 fully saturated rings. The number of hydrogen-bond acceptors (Lipinski definition) is 4. The van der Waals surface area contributed by atoms with E-state index in [0.717, 1.165) is 82.4 Å². The van der Waals surface area contributed by atoms with Crippen LogP contribution in [-0.2, 0) is 17.4 Å². The quantitative estimate of drug-likeness (QED) is 0.175. The zero-order chi connectivity index (χ0) is 32.2. The number of aromatic nitrogens is 4. The second-order valence-corrected chi connectivity index (χ2v) is 13.4. The highest BCUT2D eigenvalue weighted by Gasteiger charge is 2.44. The molecular weight excluding hydrogens is 598 g/mol. The minimum Gasteiger partial charge on any atom is -0.478 e. The van der Waals surface area contributed by atoms with E-state index in [4.69, 9.17) is 21.6 Å². The van der Waals surface area contributed by atoms with E-state index in [1.165, 1.54) is 19.3 Å². The van der Waals surface area contributed by atoms with E-state index in [9.17, 15) is 14.7 Å². The van der Waals surface area contributed by atoms with Crippen molar-refractivity contribution < 1.29 is 14.7 Å². The van der Waals surface area contributed by atoms with Crippen LogP contribution < -0.4 is 5.32 Å². The van der Waals surface area contributed by atoms with Crippen LogP contribution in [0.5, 0.6) is 0 Å². The fourth-order valence-corrected chi connectivity index (χ4v) is 7.54. The molecule has 0 radical (unpaired) electrons. The van der Waals surface area contributed by atoms with Crippen LogP contribution in [-0.4, -0.2) is 36.1 Å². The number of carbonyl (C=O) groups excluding carboxylic acids is 1. The van der Waals surface area contributed by atoms with Gasteiger partial charge in [-0.1, -0.05) is 36.9 Å². The van der Waals surface area contributed by atoms with Crippen molar-refractivity contribution in [2.24, 2.45) is 7.05 Å². The number of benzene rings is 2. The maximum Gasteiger partial charge on any atom is 0.331 e. The van der Waals surface area contributed by atoms with Gasteiger partial charge in [0.2, 0.25) is 0 Å². The molecule has 5 aromatic rings. The van der Waals surface area contributed by atoms with Crippen LogP contribution in [0.1, 0.15) is 91.6 Å². The molecule has 1 amide bonds. The third kappa shape index (κ3) is 5.18. The fourth-order valence-electron chi connectivity index (χ4n) is 7.43. The monoisotopic (exact) mass is 635 g/mol. The molecule has 3 heterocycles. The lowest BCUT2D eigenvalue weighted by Crippen LogP contribution is -2.52. The predicted octanol–water partition coefficient (Wildman–Crippen LogP) is 8.35. The number of rotatable bonds is 7. The summed E-state index contributed by atoms with van der Waals surface area (Å²) >= 11 is 6.20. The Hall–Kier alpha value is -4.43. The van der Waals surface area contributed by atoms with Gasteiger partial charge in [-0.25, -0.2) is 9.78 Å². The van der Waals surface area contributed by atoms with E-state index in [1.807, 2.05) is 54.1 Å². The molecule has 0 unspecified atom stereocenters. The van der Waals surface area contributed by atoms with Crippen LogP contribution in [0, 0.1) is 6.92 Å². The summed E-state index contributed by atoms with van der Waals surface area (Å²) in [6.45, 7) is 3.71. The molecule has 0 aliphatic heterocycles.